The number of halogens is 2. The molecule has 16 heavy (non-hydrogen) atoms. The highest BCUT2D eigenvalue weighted by Gasteiger charge is 2.12. The molecule has 1 aromatic rings. The molecule has 0 saturated carbocycles. The van der Waals surface area contributed by atoms with Crippen molar-refractivity contribution >= 4 is 33.3 Å². The second kappa shape index (κ2) is 7.04. The lowest BCUT2D eigenvalue weighted by molar-refractivity contribution is 0.301. The fourth-order valence-corrected chi connectivity index (χ4v) is 1.92. The van der Waals surface area contributed by atoms with Crippen molar-refractivity contribution in [1.29, 1.82) is 0 Å². The van der Waals surface area contributed by atoms with Crippen molar-refractivity contribution in [2.75, 3.05) is 24.6 Å². The molecule has 0 aliphatic carbocycles. The van der Waals surface area contributed by atoms with Crippen LogP contribution in [0.25, 0.3) is 0 Å². The summed E-state index contributed by atoms with van der Waals surface area (Å²) >= 11 is 9.15. The van der Waals surface area contributed by atoms with Crippen LogP contribution < -0.4 is 4.90 Å². The Balaban J connectivity index is 2.85. The van der Waals surface area contributed by atoms with Crippen molar-refractivity contribution in [3.05, 3.63) is 16.0 Å². The average molecular weight is 309 g/mol. The molecule has 0 bridgehead atoms. The third-order valence-corrected chi connectivity index (χ3v) is 2.89. The smallest absolute Gasteiger partial charge is 0.224 e. The molecule has 0 aliphatic rings. The van der Waals surface area contributed by atoms with Crippen LogP contribution in [0.5, 0.6) is 0 Å². The molecule has 0 saturated heterocycles. The van der Waals surface area contributed by atoms with Gasteiger partial charge in [0.15, 0.2) is 0 Å². The molecule has 6 heteroatoms. The van der Waals surface area contributed by atoms with E-state index in [2.05, 4.69) is 32.8 Å². The zero-order valence-electron chi connectivity index (χ0n) is 9.16. The zero-order chi connectivity index (χ0) is 12.0. The van der Waals surface area contributed by atoms with E-state index in [1.54, 1.807) is 6.20 Å². The predicted molar refractivity (Wildman–Crippen MR) is 68.9 cm³/mol. The Morgan fingerprint density at radius 3 is 2.88 bits per heavy atom. The number of aliphatic hydroxyl groups excluding tert-OH is 1. The zero-order valence-corrected chi connectivity index (χ0v) is 11.5. The lowest BCUT2D eigenvalue weighted by atomic mass is 10.3. The van der Waals surface area contributed by atoms with E-state index < -0.39 is 0 Å². The molecular formula is C10H15BrClN3O. The van der Waals surface area contributed by atoms with E-state index in [1.807, 2.05) is 4.90 Å². The third-order valence-electron chi connectivity index (χ3n) is 2.15. The van der Waals surface area contributed by atoms with Gasteiger partial charge < -0.3 is 10.0 Å². The Bertz CT molecular complexity index is 338. The minimum Gasteiger partial charge on any atom is -0.395 e. The van der Waals surface area contributed by atoms with Crippen LogP contribution in [0.4, 0.5) is 5.82 Å². The SMILES string of the molecule is CCCCN(CCO)c1nc(Cl)ncc1Br. The molecule has 1 N–H and O–H groups in total. The summed E-state index contributed by atoms with van der Waals surface area (Å²) < 4.78 is 0.793. The molecule has 0 radical (unpaired) electrons. The van der Waals surface area contributed by atoms with Crippen molar-refractivity contribution in [2.24, 2.45) is 0 Å². The summed E-state index contributed by atoms with van der Waals surface area (Å²) in [5.41, 5.74) is 0. The number of aliphatic hydroxyl groups is 1. The van der Waals surface area contributed by atoms with E-state index in [0.29, 0.717) is 6.54 Å². The maximum absolute atomic E-state index is 9.02. The van der Waals surface area contributed by atoms with E-state index in [4.69, 9.17) is 16.7 Å². The average Bonchev–Trinajstić information content (AvgIpc) is 2.28. The van der Waals surface area contributed by atoms with Gasteiger partial charge in [-0.3, -0.25) is 0 Å². The Morgan fingerprint density at radius 2 is 2.25 bits per heavy atom. The first-order valence-corrected chi connectivity index (χ1v) is 6.40. The molecule has 1 aromatic heterocycles. The molecule has 0 aliphatic heterocycles. The van der Waals surface area contributed by atoms with Gasteiger partial charge in [0.1, 0.15) is 5.82 Å². The highest BCUT2D eigenvalue weighted by Crippen LogP contribution is 2.24. The molecule has 1 rings (SSSR count). The molecular weight excluding hydrogens is 293 g/mol. The van der Waals surface area contributed by atoms with Crippen molar-refractivity contribution in [3.8, 4) is 0 Å². The molecule has 4 nitrogen and oxygen atoms in total. The minimum atomic E-state index is 0.0950. The van der Waals surface area contributed by atoms with E-state index >= 15 is 0 Å². The van der Waals surface area contributed by atoms with Gasteiger partial charge in [-0.1, -0.05) is 13.3 Å². The van der Waals surface area contributed by atoms with Crippen LogP contribution in [0, 0.1) is 0 Å². The number of nitrogens with zero attached hydrogens (tertiary/aromatic N) is 3. The summed E-state index contributed by atoms with van der Waals surface area (Å²) in [6.07, 6.45) is 3.77. The topological polar surface area (TPSA) is 49.2 Å². The van der Waals surface area contributed by atoms with Gasteiger partial charge in [0.05, 0.1) is 11.1 Å². The number of anilines is 1. The number of unbranched alkanes of at least 4 members (excludes halogenated alkanes) is 1. The van der Waals surface area contributed by atoms with Crippen LogP contribution in [0.1, 0.15) is 19.8 Å². The molecule has 0 amide bonds. The van der Waals surface area contributed by atoms with Gasteiger partial charge in [-0.2, -0.15) is 4.98 Å². The van der Waals surface area contributed by atoms with Gasteiger partial charge >= 0.3 is 0 Å². The standard InChI is InChI=1S/C10H15BrClN3O/c1-2-3-4-15(5-6-16)9-8(11)7-13-10(12)14-9/h7,16H,2-6H2,1H3. The summed E-state index contributed by atoms with van der Waals surface area (Å²) in [5, 5.41) is 9.24. The van der Waals surface area contributed by atoms with Gasteiger partial charge in [0.2, 0.25) is 5.28 Å². The van der Waals surface area contributed by atoms with Crippen molar-refractivity contribution in [1.82, 2.24) is 9.97 Å². The van der Waals surface area contributed by atoms with Crippen LogP contribution in [0.2, 0.25) is 5.28 Å². The highest BCUT2D eigenvalue weighted by atomic mass is 79.9. The van der Waals surface area contributed by atoms with Gasteiger partial charge in [-0.25, -0.2) is 4.98 Å². The van der Waals surface area contributed by atoms with Crippen LogP contribution in [0.3, 0.4) is 0 Å². The molecule has 90 valence electrons. The van der Waals surface area contributed by atoms with Crippen LogP contribution in [-0.4, -0.2) is 34.8 Å². The largest absolute Gasteiger partial charge is 0.395 e. The monoisotopic (exact) mass is 307 g/mol. The first-order chi connectivity index (χ1) is 7.69. The summed E-state index contributed by atoms with van der Waals surface area (Å²) in [4.78, 5) is 10.0. The number of aromatic nitrogens is 2. The van der Waals surface area contributed by atoms with Gasteiger partial charge in [0.25, 0.3) is 0 Å². The van der Waals surface area contributed by atoms with E-state index in [-0.39, 0.29) is 11.9 Å². The highest BCUT2D eigenvalue weighted by molar-refractivity contribution is 9.10. The molecule has 0 aromatic carbocycles. The second-order valence-electron chi connectivity index (χ2n) is 3.37. The Hall–Kier alpha value is -0.390. The maximum Gasteiger partial charge on any atom is 0.224 e. The number of hydrogen-bond donors (Lipinski definition) is 1. The Labute approximate surface area is 109 Å². The van der Waals surface area contributed by atoms with E-state index in [1.165, 1.54) is 0 Å². The summed E-state index contributed by atoms with van der Waals surface area (Å²) in [7, 11) is 0. The maximum atomic E-state index is 9.02. The normalized spacial score (nSPS) is 10.5. The first-order valence-electron chi connectivity index (χ1n) is 5.23. The number of rotatable bonds is 6. The lowest BCUT2D eigenvalue weighted by Crippen LogP contribution is -2.29. The number of hydrogen-bond acceptors (Lipinski definition) is 4. The van der Waals surface area contributed by atoms with E-state index in [9.17, 15) is 0 Å². The first kappa shape index (κ1) is 13.7. The fourth-order valence-electron chi connectivity index (χ4n) is 1.35. The van der Waals surface area contributed by atoms with Gasteiger partial charge in [-0.15, -0.1) is 0 Å². The van der Waals surface area contributed by atoms with Crippen LogP contribution in [0.15, 0.2) is 10.7 Å². The van der Waals surface area contributed by atoms with E-state index in [0.717, 1.165) is 29.7 Å². The van der Waals surface area contributed by atoms with Crippen molar-refractivity contribution in [3.63, 3.8) is 0 Å². The predicted octanol–water partition coefficient (Wildman–Crippen LogP) is 2.49. The van der Waals surface area contributed by atoms with Crippen molar-refractivity contribution < 1.29 is 5.11 Å². The minimum absolute atomic E-state index is 0.0950. The third kappa shape index (κ3) is 3.88. The summed E-state index contributed by atoms with van der Waals surface area (Å²) in [5.74, 6) is 0.738. The summed E-state index contributed by atoms with van der Waals surface area (Å²) in [6, 6.07) is 0. The summed E-state index contributed by atoms with van der Waals surface area (Å²) in [6.45, 7) is 3.62. The van der Waals surface area contributed by atoms with Crippen LogP contribution >= 0.6 is 27.5 Å². The Morgan fingerprint density at radius 1 is 1.50 bits per heavy atom. The quantitative estimate of drug-likeness (QED) is 0.820. The molecule has 0 spiro atoms. The molecule has 0 atom stereocenters. The van der Waals surface area contributed by atoms with Gasteiger partial charge in [-0.05, 0) is 34.0 Å². The second-order valence-corrected chi connectivity index (χ2v) is 4.57. The molecule has 0 unspecified atom stereocenters. The molecule has 0 fully saturated rings. The lowest BCUT2D eigenvalue weighted by Gasteiger charge is -2.23. The van der Waals surface area contributed by atoms with Crippen LogP contribution in [-0.2, 0) is 0 Å². The Kier molecular flexibility index (Phi) is 6.01. The fraction of sp³-hybridized carbons (Fsp3) is 0.600. The van der Waals surface area contributed by atoms with Crippen molar-refractivity contribution in [2.45, 2.75) is 19.8 Å². The molecule has 1 heterocycles. The van der Waals surface area contributed by atoms with Gasteiger partial charge in [0, 0.05) is 19.3 Å².